The van der Waals surface area contributed by atoms with Crippen LogP contribution in [0.25, 0.3) is 0 Å². The Balaban J connectivity index is 2.33. The minimum Gasteiger partial charge on any atom is -0.496 e. The summed E-state index contributed by atoms with van der Waals surface area (Å²) in [5.41, 5.74) is 1.03. The largest absolute Gasteiger partial charge is 0.496 e. The molecular weight excluding hydrogens is 240 g/mol. The molecule has 1 aromatic rings. The minimum atomic E-state index is -0.0820. The van der Waals surface area contributed by atoms with Crippen LogP contribution in [0.5, 0.6) is 5.75 Å². The van der Waals surface area contributed by atoms with Gasteiger partial charge in [-0.25, -0.2) is 0 Å². The summed E-state index contributed by atoms with van der Waals surface area (Å²) >= 11 is 0. The van der Waals surface area contributed by atoms with Gasteiger partial charge < -0.3 is 9.64 Å². The Morgan fingerprint density at radius 2 is 2.05 bits per heavy atom. The summed E-state index contributed by atoms with van der Waals surface area (Å²) in [4.78, 5) is 14.3. The maximum absolute atomic E-state index is 12.3. The molecule has 1 aliphatic rings. The van der Waals surface area contributed by atoms with E-state index in [1.54, 1.807) is 7.11 Å². The Morgan fingerprint density at radius 3 is 2.68 bits per heavy atom. The number of benzene rings is 1. The maximum Gasteiger partial charge on any atom is 0.241 e. The normalized spacial score (nSPS) is 22.9. The quantitative estimate of drug-likeness (QED) is 0.885. The molecule has 4 nitrogen and oxygen atoms in total. The van der Waals surface area contributed by atoms with Crippen LogP contribution in [0.1, 0.15) is 38.4 Å². The fourth-order valence-corrected chi connectivity index (χ4v) is 2.60. The third-order valence-electron chi connectivity index (χ3n) is 3.56. The highest BCUT2D eigenvalue weighted by atomic mass is 16.5. The molecule has 1 fully saturated rings. The molecule has 1 aromatic carbocycles. The van der Waals surface area contributed by atoms with Crippen molar-refractivity contribution in [3.05, 3.63) is 29.8 Å². The molecule has 2 atom stereocenters. The van der Waals surface area contributed by atoms with Crippen LogP contribution in [0.3, 0.4) is 0 Å². The molecule has 1 amide bonds. The number of nitrogens with zero attached hydrogens (tertiary/aromatic N) is 1. The lowest BCUT2D eigenvalue weighted by atomic mass is 10.1. The Bertz CT molecular complexity index is 448. The standard InChI is InChI=1S/C15H22N2O2/c1-4-10-17-14(16-12(5-2)15(17)18)11-8-6-7-9-13(11)19-3/h6-9,12,14,16H,4-5,10H2,1-3H3. The summed E-state index contributed by atoms with van der Waals surface area (Å²) in [5, 5.41) is 3.41. The Labute approximate surface area is 114 Å². The SMILES string of the molecule is CCCN1C(=O)C(CC)NC1c1ccccc1OC. The van der Waals surface area contributed by atoms with Gasteiger partial charge in [0.1, 0.15) is 11.9 Å². The van der Waals surface area contributed by atoms with Gasteiger partial charge in [-0.3, -0.25) is 10.1 Å². The first-order valence-corrected chi connectivity index (χ1v) is 6.92. The molecule has 1 heterocycles. The number of carbonyl (C=O) groups excluding carboxylic acids is 1. The molecule has 0 spiro atoms. The number of carbonyl (C=O) groups is 1. The van der Waals surface area contributed by atoms with Gasteiger partial charge >= 0.3 is 0 Å². The predicted octanol–water partition coefficient (Wildman–Crippen LogP) is 2.31. The monoisotopic (exact) mass is 262 g/mol. The molecule has 0 aromatic heterocycles. The van der Waals surface area contributed by atoms with Crippen molar-refractivity contribution in [2.45, 2.75) is 38.9 Å². The first kappa shape index (κ1) is 13.9. The number of para-hydroxylation sites is 1. The molecule has 104 valence electrons. The zero-order valence-electron chi connectivity index (χ0n) is 11.8. The average molecular weight is 262 g/mol. The Kier molecular flexibility index (Phi) is 4.43. The lowest BCUT2D eigenvalue weighted by molar-refractivity contribution is -0.130. The van der Waals surface area contributed by atoms with Crippen LogP contribution >= 0.6 is 0 Å². The highest BCUT2D eigenvalue weighted by molar-refractivity contribution is 5.84. The molecule has 2 rings (SSSR count). The van der Waals surface area contributed by atoms with Crippen LogP contribution in [0.15, 0.2) is 24.3 Å². The van der Waals surface area contributed by atoms with Gasteiger partial charge in [0.15, 0.2) is 0 Å². The van der Waals surface area contributed by atoms with Gasteiger partial charge in [0.2, 0.25) is 5.91 Å². The summed E-state index contributed by atoms with van der Waals surface area (Å²) < 4.78 is 5.41. The second-order valence-corrected chi connectivity index (χ2v) is 4.80. The lowest BCUT2D eigenvalue weighted by Gasteiger charge is -2.25. The van der Waals surface area contributed by atoms with Crippen molar-refractivity contribution in [3.8, 4) is 5.75 Å². The van der Waals surface area contributed by atoms with E-state index in [9.17, 15) is 4.79 Å². The van der Waals surface area contributed by atoms with Gasteiger partial charge in [-0.15, -0.1) is 0 Å². The molecule has 1 aliphatic heterocycles. The number of ether oxygens (including phenoxy) is 1. The first-order valence-electron chi connectivity index (χ1n) is 6.92. The van der Waals surface area contributed by atoms with E-state index in [0.29, 0.717) is 0 Å². The van der Waals surface area contributed by atoms with Crippen LogP contribution in [0.4, 0.5) is 0 Å². The van der Waals surface area contributed by atoms with Gasteiger partial charge in [-0.05, 0) is 18.9 Å². The zero-order chi connectivity index (χ0) is 13.8. The number of hydrogen-bond acceptors (Lipinski definition) is 3. The van der Waals surface area contributed by atoms with Crippen LogP contribution in [0, 0.1) is 0 Å². The van der Waals surface area contributed by atoms with Crippen molar-refractivity contribution in [2.24, 2.45) is 0 Å². The molecule has 0 saturated carbocycles. The summed E-state index contributed by atoms with van der Waals surface area (Å²) in [7, 11) is 1.66. The third kappa shape index (κ3) is 2.59. The molecule has 1 N–H and O–H groups in total. The second-order valence-electron chi connectivity index (χ2n) is 4.80. The smallest absolute Gasteiger partial charge is 0.241 e. The predicted molar refractivity (Wildman–Crippen MR) is 75.0 cm³/mol. The summed E-state index contributed by atoms with van der Waals surface area (Å²) in [6.45, 7) is 4.89. The van der Waals surface area contributed by atoms with E-state index in [0.717, 1.165) is 30.7 Å². The molecule has 19 heavy (non-hydrogen) atoms. The van der Waals surface area contributed by atoms with Crippen molar-refractivity contribution in [1.82, 2.24) is 10.2 Å². The van der Waals surface area contributed by atoms with Gasteiger partial charge in [-0.2, -0.15) is 0 Å². The van der Waals surface area contributed by atoms with Crippen molar-refractivity contribution in [2.75, 3.05) is 13.7 Å². The van der Waals surface area contributed by atoms with Gasteiger partial charge in [-0.1, -0.05) is 32.0 Å². The van der Waals surface area contributed by atoms with E-state index in [2.05, 4.69) is 12.2 Å². The molecule has 4 heteroatoms. The number of amides is 1. The van der Waals surface area contributed by atoms with E-state index >= 15 is 0 Å². The van der Waals surface area contributed by atoms with E-state index < -0.39 is 0 Å². The summed E-state index contributed by atoms with van der Waals surface area (Å²) in [5.74, 6) is 1.02. The van der Waals surface area contributed by atoms with E-state index in [-0.39, 0.29) is 18.1 Å². The molecule has 0 radical (unpaired) electrons. The number of methoxy groups -OCH3 is 1. The van der Waals surface area contributed by atoms with Crippen molar-refractivity contribution < 1.29 is 9.53 Å². The fourth-order valence-electron chi connectivity index (χ4n) is 2.60. The third-order valence-corrected chi connectivity index (χ3v) is 3.56. The lowest BCUT2D eigenvalue weighted by Crippen LogP contribution is -2.31. The minimum absolute atomic E-state index is 0.0754. The maximum atomic E-state index is 12.3. The van der Waals surface area contributed by atoms with Crippen molar-refractivity contribution in [3.63, 3.8) is 0 Å². The Morgan fingerprint density at radius 1 is 1.32 bits per heavy atom. The van der Waals surface area contributed by atoms with Crippen LogP contribution in [-0.2, 0) is 4.79 Å². The summed E-state index contributed by atoms with van der Waals surface area (Å²) in [6, 6.07) is 7.80. The number of rotatable bonds is 5. The topological polar surface area (TPSA) is 41.6 Å². The molecule has 0 bridgehead atoms. The first-order chi connectivity index (χ1) is 9.22. The molecular formula is C15H22N2O2. The van der Waals surface area contributed by atoms with Gasteiger partial charge in [0.25, 0.3) is 0 Å². The van der Waals surface area contributed by atoms with E-state index in [4.69, 9.17) is 4.74 Å². The highest BCUT2D eigenvalue weighted by Crippen LogP contribution is 2.32. The van der Waals surface area contributed by atoms with Crippen LogP contribution in [-0.4, -0.2) is 30.5 Å². The zero-order valence-corrected chi connectivity index (χ0v) is 11.8. The second kappa shape index (κ2) is 6.06. The fraction of sp³-hybridized carbons (Fsp3) is 0.533. The van der Waals surface area contributed by atoms with Crippen LogP contribution < -0.4 is 10.1 Å². The van der Waals surface area contributed by atoms with E-state index in [1.807, 2.05) is 36.1 Å². The highest BCUT2D eigenvalue weighted by Gasteiger charge is 2.38. The van der Waals surface area contributed by atoms with Gasteiger partial charge in [0.05, 0.1) is 13.2 Å². The van der Waals surface area contributed by atoms with Crippen molar-refractivity contribution >= 4 is 5.91 Å². The molecule has 1 saturated heterocycles. The summed E-state index contributed by atoms with van der Waals surface area (Å²) in [6.07, 6.45) is 1.69. The number of nitrogens with one attached hydrogen (secondary N) is 1. The Hall–Kier alpha value is -1.55. The average Bonchev–Trinajstić information content (AvgIpc) is 2.76. The van der Waals surface area contributed by atoms with Crippen molar-refractivity contribution in [1.29, 1.82) is 0 Å². The van der Waals surface area contributed by atoms with Crippen LogP contribution in [0.2, 0.25) is 0 Å². The number of hydrogen-bond donors (Lipinski definition) is 1. The molecule has 0 aliphatic carbocycles. The van der Waals surface area contributed by atoms with Gasteiger partial charge in [0, 0.05) is 12.1 Å². The van der Waals surface area contributed by atoms with E-state index in [1.165, 1.54) is 0 Å². The molecule has 2 unspecified atom stereocenters.